The molecule has 0 aromatic heterocycles. The molecule has 0 radical (unpaired) electrons. The van der Waals surface area contributed by atoms with Gasteiger partial charge in [-0.15, -0.1) is 0 Å². The van der Waals surface area contributed by atoms with Crippen LogP contribution in [0.1, 0.15) is 15.9 Å². The van der Waals surface area contributed by atoms with E-state index in [1.165, 1.54) is 25.3 Å². The Kier molecular flexibility index (Phi) is 4.25. The molecule has 1 N–H and O–H groups in total. The van der Waals surface area contributed by atoms with Crippen molar-refractivity contribution >= 4 is 23.2 Å². The minimum absolute atomic E-state index is 0.316. The molecule has 2 aromatic rings. The van der Waals surface area contributed by atoms with Crippen LogP contribution in [0, 0.1) is 12.7 Å². The van der Waals surface area contributed by atoms with E-state index in [1.807, 2.05) is 0 Å². The third kappa shape index (κ3) is 3.08. The van der Waals surface area contributed by atoms with Gasteiger partial charge in [-0.1, -0.05) is 11.6 Å². The van der Waals surface area contributed by atoms with Gasteiger partial charge in [0, 0.05) is 11.3 Å². The number of ether oxygens (including phenoxy) is 1. The zero-order chi connectivity index (χ0) is 14.7. The fraction of sp³-hybridized carbons (Fsp3) is 0.133. The first kappa shape index (κ1) is 14.3. The Morgan fingerprint density at radius 1 is 1.25 bits per heavy atom. The molecule has 0 aliphatic heterocycles. The average molecular weight is 294 g/mol. The molecular weight excluding hydrogens is 281 g/mol. The SMILES string of the molecule is COc1ccc(NC(=O)c2ccc(F)cc2C)cc1Cl. The van der Waals surface area contributed by atoms with Gasteiger partial charge in [0.2, 0.25) is 0 Å². The van der Waals surface area contributed by atoms with Crippen molar-refractivity contribution in [1.29, 1.82) is 0 Å². The number of anilines is 1. The third-order valence-electron chi connectivity index (χ3n) is 2.84. The summed E-state index contributed by atoms with van der Waals surface area (Å²) in [6.45, 7) is 1.68. The van der Waals surface area contributed by atoms with Gasteiger partial charge in [-0.05, 0) is 48.9 Å². The van der Waals surface area contributed by atoms with E-state index in [0.717, 1.165) is 0 Å². The van der Waals surface area contributed by atoms with E-state index in [4.69, 9.17) is 16.3 Å². The van der Waals surface area contributed by atoms with Crippen LogP contribution in [0.4, 0.5) is 10.1 Å². The van der Waals surface area contributed by atoms with Gasteiger partial charge in [-0.25, -0.2) is 4.39 Å². The van der Waals surface area contributed by atoms with Crippen LogP contribution in [0.15, 0.2) is 36.4 Å². The Labute approximate surface area is 121 Å². The van der Waals surface area contributed by atoms with Gasteiger partial charge in [-0.2, -0.15) is 0 Å². The number of hydrogen-bond donors (Lipinski definition) is 1. The molecule has 0 aliphatic carbocycles. The highest BCUT2D eigenvalue weighted by molar-refractivity contribution is 6.32. The van der Waals surface area contributed by atoms with Crippen LogP contribution in [0.3, 0.4) is 0 Å². The molecule has 5 heteroatoms. The van der Waals surface area contributed by atoms with Gasteiger partial charge in [0.15, 0.2) is 0 Å². The van der Waals surface area contributed by atoms with Crippen LogP contribution >= 0.6 is 11.6 Å². The smallest absolute Gasteiger partial charge is 0.255 e. The standard InChI is InChI=1S/C15H13ClFNO2/c1-9-7-10(17)3-5-12(9)15(19)18-11-4-6-14(20-2)13(16)8-11/h3-8H,1-2H3,(H,18,19). The summed E-state index contributed by atoms with van der Waals surface area (Å²) < 4.78 is 18.0. The number of nitrogens with one attached hydrogen (secondary N) is 1. The van der Waals surface area contributed by atoms with Crippen molar-refractivity contribution < 1.29 is 13.9 Å². The summed E-state index contributed by atoms with van der Waals surface area (Å²) in [5.41, 5.74) is 1.53. The van der Waals surface area contributed by atoms with E-state index in [2.05, 4.69) is 5.32 Å². The average Bonchev–Trinajstić information content (AvgIpc) is 2.38. The maximum Gasteiger partial charge on any atom is 0.255 e. The molecule has 20 heavy (non-hydrogen) atoms. The van der Waals surface area contributed by atoms with E-state index in [9.17, 15) is 9.18 Å². The van der Waals surface area contributed by atoms with Crippen molar-refractivity contribution in [2.75, 3.05) is 12.4 Å². The summed E-state index contributed by atoms with van der Waals surface area (Å²) in [5, 5.41) is 3.11. The number of methoxy groups -OCH3 is 1. The molecule has 0 atom stereocenters. The molecule has 3 nitrogen and oxygen atoms in total. The third-order valence-corrected chi connectivity index (χ3v) is 3.14. The Bertz CT molecular complexity index is 658. The topological polar surface area (TPSA) is 38.3 Å². The second-order valence-electron chi connectivity index (χ2n) is 4.26. The summed E-state index contributed by atoms with van der Waals surface area (Å²) in [6, 6.07) is 8.96. The lowest BCUT2D eigenvalue weighted by molar-refractivity contribution is 0.102. The molecular formula is C15H13ClFNO2. The summed E-state index contributed by atoms with van der Waals surface area (Å²) >= 11 is 5.99. The van der Waals surface area contributed by atoms with Gasteiger partial charge < -0.3 is 10.1 Å². The van der Waals surface area contributed by atoms with Crippen LogP contribution in [0.2, 0.25) is 5.02 Å². The van der Waals surface area contributed by atoms with Gasteiger partial charge in [-0.3, -0.25) is 4.79 Å². The summed E-state index contributed by atoms with van der Waals surface area (Å²) in [7, 11) is 1.52. The molecule has 0 fully saturated rings. The molecule has 0 saturated heterocycles. The Hall–Kier alpha value is -2.07. The number of halogens is 2. The van der Waals surface area contributed by atoms with Crippen molar-refractivity contribution in [3.8, 4) is 5.75 Å². The van der Waals surface area contributed by atoms with Crippen LogP contribution in [-0.2, 0) is 0 Å². The fourth-order valence-electron chi connectivity index (χ4n) is 1.82. The first-order valence-electron chi connectivity index (χ1n) is 5.92. The first-order valence-corrected chi connectivity index (χ1v) is 6.30. The summed E-state index contributed by atoms with van der Waals surface area (Å²) in [5.74, 6) is -0.155. The van der Waals surface area contributed by atoms with E-state index in [1.54, 1.807) is 25.1 Å². The monoisotopic (exact) mass is 293 g/mol. The van der Waals surface area contributed by atoms with Gasteiger partial charge in [0.1, 0.15) is 11.6 Å². The van der Waals surface area contributed by atoms with E-state index in [-0.39, 0.29) is 11.7 Å². The number of carbonyl (C=O) groups excluding carboxylic acids is 1. The zero-order valence-corrected chi connectivity index (χ0v) is 11.8. The molecule has 0 spiro atoms. The van der Waals surface area contributed by atoms with E-state index < -0.39 is 0 Å². The molecule has 104 valence electrons. The van der Waals surface area contributed by atoms with Crippen molar-refractivity contribution in [3.05, 3.63) is 58.4 Å². The molecule has 0 bridgehead atoms. The van der Waals surface area contributed by atoms with Crippen LogP contribution in [-0.4, -0.2) is 13.0 Å². The van der Waals surface area contributed by atoms with Crippen LogP contribution in [0.5, 0.6) is 5.75 Å². The number of benzene rings is 2. The minimum atomic E-state index is -0.369. The largest absolute Gasteiger partial charge is 0.495 e. The molecule has 1 amide bonds. The molecule has 2 rings (SSSR count). The van der Waals surface area contributed by atoms with Crippen molar-refractivity contribution in [1.82, 2.24) is 0 Å². The number of aryl methyl sites for hydroxylation is 1. The number of rotatable bonds is 3. The Morgan fingerprint density at radius 3 is 2.60 bits per heavy atom. The number of carbonyl (C=O) groups is 1. The molecule has 2 aromatic carbocycles. The molecule has 0 aliphatic rings. The highest BCUT2D eigenvalue weighted by atomic mass is 35.5. The number of amides is 1. The normalized spacial score (nSPS) is 10.2. The molecule has 0 unspecified atom stereocenters. The lowest BCUT2D eigenvalue weighted by atomic mass is 10.1. The second kappa shape index (κ2) is 5.92. The van der Waals surface area contributed by atoms with Crippen molar-refractivity contribution in [2.45, 2.75) is 6.92 Å². The maximum atomic E-state index is 13.0. The zero-order valence-electron chi connectivity index (χ0n) is 11.0. The van der Waals surface area contributed by atoms with Crippen molar-refractivity contribution in [3.63, 3.8) is 0 Å². The summed E-state index contributed by atoms with van der Waals surface area (Å²) in [6.07, 6.45) is 0. The fourth-order valence-corrected chi connectivity index (χ4v) is 2.08. The highest BCUT2D eigenvalue weighted by Gasteiger charge is 2.11. The van der Waals surface area contributed by atoms with Crippen LogP contribution < -0.4 is 10.1 Å². The molecule has 0 saturated carbocycles. The van der Waals surface area contributed by atoms with E-state index in [0.29, 0.717) is 27.6 Å². The van der Waals surface area contributed by atoms with Gasteiger partial charge >= 0.3 is 0 Å². The van der Waals surface area contributed by atoms with Gasteiger partial charge in [0.05, 0.1) is 12.1 Å². The van der Waals surface area contributed by atoms with Crippen LogP contribution in [0.25, 0.3) is 0 Å². The lowest BCUT2D eigenvalue weighted by Crippen LogP contribution is -2.13. The lowest BCUT2D eigenvalue weighted by Gasteiger charge is -2.09. The van der Waals surface area contributed by atoms with Crippen molar-refractivity contribution in [2.24, 2.45) is 0 Å². The van der Waals surface area contributed by atoms with E-state index >= 15 is 0 Å². The predicted molar refractivity (Wildman–Crippen MR) is 77.1 cm³/mol. The summed E-state index contributed by atoms with van der Waals surface area (Å²) in [4.78, 5) is 12.1. The highest BCUT2D eigenvalue weighted by Crippen LogP contribution is 2.27. The first-order chi connectivity index (χ1) is 9.51. The minimum Gasteiger partial charge on any atom is -0.495 e. The predicted octanol–water partition coefficient (Wildman–Crippen LogP) is 4.05. The Balaban J connectivity index is 2.21. The number of hydrogen-bond acceptors (Lipinski definition) is 2. The Morgan fingerprint density at radius 2 is 2.00 bits per heavy atom. The second-order valence-corrected chi connectivity index (χ2v) is 4.67. The maximum absolute atomic E-state index is 13.0. The molecule has 0 heterocycles. The van der Waals surface area contributed by atoms with Gasteiger partial charge in [0.25, 0.3) is 5.91 Å². The quantitative estimate of drug-likeness (QED) is 0.927.